The number of anilines is 1. The highest BCUT2D eigenvalue weighted by atomic mass is 16.2. The highest BCUT2D eigenvalue weighted by molar-refractivity contribution is 5.92. The van der Waals surface area contributed by atoms with E-state index in [2.05, 4.69) is 12.1 Å². The Morgan fingerprint density at radius 2 is 2.00 bits per heavy atom. The van der Waals surface area contributed by atoms with Crippen molar-refractivity contribution in [3.63, 3.8) is 0 Å². The minimum atomic E-state index is 0.106. The average molecular weight is 203 g/mol. The summed E-state index contributed by atoms with van der Waals surface area (Å²) in [6.07, 6.45) is 4.80. The topological polar surface area (TPSA) is 20.3 Å². The molecule has 0 radical (unpaired) electrons. The van der Waals surface area contributed by atoms with Gasteiger partial charge in [0, 0.05) is 19.7 Å². The minimum Gasteiger partial charge on any atom is -0.315 e. The molecule has 0 unspecified atom stereocenters. The largest absolute Gasteiger partial charge is 0.315 e. The van der Waals surface area contributed by atoms with E-state index in [1.807, 2.05) is 13.1 Å². The van der Waals surface area contributed by atoms with Gasteiger partial charge in [0.05, 0.1) is 0 Å². The van der Waals surface area contributed by atoms with Crippen LogP contribution in [0.5, 0.6) is 0 Å². The summed E-state index contributed by atoms with van der Waals surface area (Å²) in [6.45, 7) is 1.61. The molecule has 0 heterocycles. The lowest BCUT2D eigenvalue weighted by atomic mass is 9.90. The molecular weight excluding hydrogens is 186 g/mol. The molecule has 1 amide bonds. The Kier molecular flexibility index (Phi) is 2.76. The Balaban J connectivity index is 2.43. The van der Waals surface area contributed by atoms with Crippen LogP contribution in [0.15, 0.2) is 18.2 Å². The first-order valence-corrected chi connectivity index (χ1v) is 5.55. The number of aryl methyl sites for hydroxylation is 1. The maximum Gasteiger partial charge on any atom is 0.223 e. The molecule has 15 heavy (non-hydrogen) atoms. The molecule has 0 spiro atoms. The number of hydrogen-bond acceptors (Lipinski definition) is 1. The molecular formula is C13H17NO. The van der Waals surface area contributed by atoms with Crippen LogP contribution in [0.3, 0.4) is 0 Å². The average Bonchev–Trinajstić information content (AvgIpc) is 2.27. The quantitative estimate of drug-likeness (QED) is 0.687. The van der Waals surface area contributed by atoms with E-state index in [4.69, 9.17) is 0 Å². The third kappa shape index (κ3) is 1.89. The molecule has 80 valence electrons. The second-order valence-electron chi connectivity index (χ2n) is 4.20. The SMILES string of the molecule is CC(=O)N(C)c1cccc2c1CCCC2. The van der Waals surface area contributed by atoms with Crippen molar-refractivity contribution in [2.24, 2.45) is 0 Å². The van der Waals surface area contributed by atoms with Crippen molar-refractivity contribution in [3.05, 3.63) is 29.3 Å². The molecule has 0 N–H and O–H groups in total. The normalized spacial score (nSPS) is 14.5. The molecule has 2 nitrogen and oxygen atoms in total. The van der Waals surface area contributed by atoms with Crippen LogP contribution in [0.25, 0.3) is 0 Å². The summed E-state index contributed by atoms with van der Waals surface area (Å²) in [5.41, 5.74) is 3.90. The third-order valence-corrected chi connectivity index (χ3v) is 3.20. The zero-order valence-electron chi connectivity index (χ0n) is 9.42. The standard InChI is InChI=1S/C13H17NO/c1-10(15)14(2)13-9-5-7-11-6-3-4-8-12(11)13/h5,7,9H,3-4,6,8H2,1-2H3. The Hall–Kier alpha value is -1.31. The molecule has 0 aliphatic heterocycles. The van der Waals surface area contributed by atoms with Crippen LogP contribution >= 0.6 is 0 Å². The van der Waals surface area contributed by atoms with E-state index in [-0.39, 0.29) is 5.91 Å². The summed E-state index contributed by atoms with van der Waals surface area (Å²) in [5, 5.41) is 0. The van der Waals surface area contributed by atoms with Crippen molar-refractivity contribution in [2.45, 2.75) is 32.6 Å². The molecule has 1 aromatic carbocycles. The van der Waals surface area contributed by atoms with Crippen molar-refractivity contribution >= 4 is 11.6 Å². The first-order chi connectivity index (χ1) is 7.20. The number of benzene rings is 1. The Morgan fingerprint density at radius 3 is 2.73 bits per heavy atom. The Bertz CT molecular complexity index is 384. The van der Waals surface area contributed by atoms with Crippen LogP contribution in [-0.4, -0.2) is 13.0 Å². The smallest absolute Gasteiger partial charge is 0.223 e. The van der Waals surface area contributed by atoms with E-state index < -0.39 is 0 Å². The maximum atomic E-state index is 11.4. The Morgan fingerprint density at radius 1 is 1.27 bits per heavy atom. The summed E-state index contributed by atoms with van der Waals surface area (Å²) in [7, 11) is 1.85. The molecule has 0 saturated heterocycles. The van der Waals surface area contributed by atoms with Crippen molar-refractivity contribution in [2.75, 3.05) is 11.9 Å². The second-order valence-corrected chi connectivity index (χ2v) is 4.20. The van der Waals surface area contributed by atoms with Gasteiger partial charge in [0.1, 0.15) is 0 Å². The lowest BCUT2D eigenvalue weighted by Gasteiger charge is -2.24. The highest BCUT2D eigenvalue weighted by Gasteiger charge is 2.16. The van der Waals surface area contributed by atoms with Crippen molar-refractivity contribution in [3.8, 4) is 0 Å². The predicted molar refractivity (Wildman–Crippen MR) is 62.2 cm³/mol. The van der Waals surface area contributed by atoms with Crippen LogP contribution in [0.2, 0.25) is 0 Å². The zero-order valence-corrected chi connectivity index (χ0v) is 9.42. The van der Waals surface area contributed by atoms with E-state index in [1.54, 1.807) is 11.8 Å². The van der Waals surface area contributed by atoms with Crippen molar-refractivity contribution in [1.82, 2.24) is 0 Å². The molecule has 0 saturated carbocycles. The van der Waals surface area contributed by atoms with Gasteiger partial charge in [-0.1, -0.05) is 12.1 Å². The second kappa shape index (κ2) is 4.05. The molecule has 2 heteroatoms. The van der Waals surface area contributed by atoms with Gasteiger partial charge in [0.2, 0.25) is 5.91 Å². The van der Waals surface area contributed by atoms with Gasteiger partial charge in [-0.25, -0.2) is 0 Å². The maximum absolute atomic E-state index is 11.4. The number of nitrogens with zero attached hydrogens (tertiary/aromatic N) is 1. The van der Waals surface area contributed by atoms with Crippen molar-refractivity contribution in [1.29, 1.82) is 0 Å². The predicted octanol–water partition coefficient (Wildman–Crippen LogP) is 2.55. The fourth-order valence-electron chi connectivity index (χ4n) is 2.25. The van der Waals surface area contributed by atoms with E-state index >= 15 is 0 Å². The van der Waals surface area contributed by atoms with Gasteiger partial charge in [0.15, 0.2) is 0 Å². The van der Waals surface area contributed by atoms with E-state index in [9.17, 15) is 4.79 Å². The zero-order chi connectivity index (χ0) is 10.8. The number of carbonyl (C=O) groups excluding carboxylic acids is 1. The number of fused-ring (bicyclic) bond motifs is 1. The fraction of sp³-hybridized carbons (Fsp3) is 0.462. The number of amides is 1. The minimum absolute atomic E-state index is 0.106. The summed E-state index contributed by atoms with van der Waals surface area (Å²) in [4.78, 5) is 13.1. The molecule has 1 aliphatic carbocycles. The Labute approximate surface area is 90.9 Å². The monoisotopic (exact) mass is 203 g/mol. The number of carbonyl (C=O) groups is 1. The van der Waals surface area contributed by atoms with Gasteiger partial charge in [0.25, 0.3) is 0 Å². The van der Waals surface area contributed by atoms with Crippen LogP contribution < -0.4 is 4.90 Å². The molecule has 2 rings (SSSR count). The van der Waals surface area contributed by atoms with Gasteiger partial charge in [-0.15, -0.1) is 0 Å². The van der Waals surface area contributed by atoms with Crippen LogP contribution in [-0.2, 0) is 17.6 Å². The lowest BCUT2D eigenvalue weighted by molar-refractivity contribution is -0.116. The summed E-state index contributed by atoms with van der Waals surface area (Å²) < 4.78 is 0. The van der Waals surface area contributed by atoms with Gasteiger partial charge >= 0.3 is 0 Å². The first kappa shape index (κ1) is 10.2. The first-order valence-electron chi connectivity index (χ1n) is 5.55. The highest BCUT2D eigenvalue weighted by Crippen LogP contribution is 2.29. The van der Waals surface area contributed by atoms with Crippen LogP contribution in [0.1, 0.15) is 30.9 Å². The fourth-order valence-corrected chi connectivity index (χ4v) is 2.25. The summed E-state index contributed by atoms with van der Waals surface area (Å²) >= 11 is 0. The van der Waals surface area contributed by atoms with Gasteiger partial charge in [-0.3, -0.25) is 4.79 Å². The molecule has 0 aromatic heterocycles. The summed E-state index contributed by atoms with van der Waals surface area (Å²) in [6, 6.07) is 6.29. The molecule has 1 aliphatic rings. The van der Waals surface area contributed by atoms with E-state index in [1.165, 1.54) is 24.0 Å². The number of hydrogen-bond donors (Lipinski definition) is 0. The van der Waals surface area contributed by atoms with Gasteiger partial charge in [-0.05, 0) is 42.9 Å². The van der Waals surface area contributed by atoms with Crippen LogP contribution in [0.4, 0.5) is 5.69 Å². The van der Waals surface area contributed by atoms with Gasteiger partial charge < -0.3 is 4.90 Å². The molecule has 0 fully saturated rings. The summed E-state index contributed by atoms with van der Waals surface area (Å²) in [5.74, 6) is 0.106. The van der Waals surface area contributed by atoms with E-state index in [0.29, 0.717) is 0 Å². The lowest BCUT2D eigenvalue weighted by Crippen LogP contribution is -2.25. The molecule has 0 atom stereocenters. The van der Waals surface area contributed by atoms with Crippen molar-refractivity contribution < 1.29 is 4.79 Å². The van der Waals surface area contributed by atoms with Crippen LogP contribution in [0, 0.1) is 0 Å². The molecule has 1 aromatic rings. The molecule has 0 bridgehead atoms. The number of rotatable bonds is 1. The van der Waals surface area contributed by atoms with E-state index in [0.717, 1.165) is 18.5 Å². The van der Waals surface area contributed by atoms with Gasteiger partial charge in [-0.2, -0.15) is 0 Å². The third-order valence-electron chi connectivity index (χ3n) is 3.20.